The van der Waals surface area contributed by atoms with Crippen LogP contribution in [0.4, 0.5) is 18.9 Å². The molecule has 1 N–H and O–H groups in total. The van der Waals surface area contributed by atoms with E-state index in [1.54, 1.807) is 31.3 Å². The lowest BCUT2D eigenvalue weighted by molar-refractivity contribution is -0.159. The molecular formula is C17H12ClF3N2O. The molecule has 0 saturated carbocycles. The first kappa shape index (κ1) is 15.5. The van der Waals surface area contributed by atoms with Crippen LogP contribution in [0.5, 0.6) is 0 Å². The molecule has 2 atom stereocenters. The van der Waals surface area contributed by atoms with Crippen LogP contribution in [0.25, 0.3) is 0 Å². The van der Waals surface area contributed by atoms with Crippen molar-refractivity contribution in [3.8, 4) is 0 Å². The Hall–Kier alpha value is -2.05. The molecule has 124 valence electrons. The molecule has 0 bridgehead atoms. The van der Waals surface area contributed by atoms with Gasteiger partial charge in [-0.1, -0.05) is 35.9 Å². The van der Waals surface area contributed by atoms with Crippen molar-refractivity contribution in [2.75, 3.05) is 11.9 Å². The number of fused-ring (bicyclic) bond motifs is 4. The Balaban J connectivity index is 2.03. The summed E-state index contributed by atoms with van der Waals surface area (Å²) >= 11 is 5.91. The number of halogens is 4. The number of alkyl halides is 3. The summed E-state index contributed by atoms with van der Waals surface area (Å²) in [4.78, 5) is 14.4. The summed E-state index contributed by atoms with van der Waals surface area (Å²) in [6.45, 7) is 0. The van der Waals surface area contributed by atoms with E-state index in [2.05, 4.69) is 5.32 Å². The van der Waals surface area contributed by atoms with Gasteiger partial charge in [0.25, 0.3) is 5.91 Å². The lowest BCUT2D eigenvalue weighted by atomic mass is 9.84. The summed E-state index contributed by atoms with van der Waals surface area (Å²) in [6.07, 6.45) is -4.54. The lowest BCUT2D eigenvalue weighted by Gasteiger charge is -2.26. The zero-order chi connectivity index (χ0) is 17.3. The van der Waals surface area contributed by atoms with Crippen LogP contribution in [0, 0.1) is 0 Å². The average molecular weight is 353 g/mol. The molecular weight excluding hydrogens is 341 g/mol. The van der Waals surface area contributed by atoms with E-state index in [1.165, 1.54) is 23.1 Å². The van der Waals surface area contributed by atoms with Crippen molar-refractivity contribution in [2.24, 2.45) is 0 Å². The number of anilines is 1. The quantitative estimate of drug-likeness (QED) is 0.783. The topological polar surface area (TPSA) is 32.3 Å². The van der Waals surface area contributed by atoms with E-state index in [-0.39, 0.29) is 10.6 Å². The Morgan fingerprint density at radius 3 is 2.58 bits per heavy atom. The minimum absolute atomic E-state index is 0.00606. The summed E-state index contributed by atoms with van der Waals surface area (Å²) in [6, 6.07) is 9.22. The normalized spacial score (nSPS) is 25.3. The lowest BCUT2D eigenvalue weighted by Crippen LogP contribution is -2.49. The van der Waals surface area contributed by atoms with Gasteiger partial charge in [-0.3, -0.25) is 10.1 Å². The Kier molecular flexibility index (Phi) is 3.06. The second-order valence-corrected chi connectivity index (χ2v) is 6.42. The third-order valence-electron chi connectivity index (χ3n) is 4.71. The second-order valence-electron chi connectivity index (χ2n) is 5.98. The summed E-state index contributed by atoms with van der Waals surface area (Å²) in [5, 5.41) is 2.76. The number of likely N-dealkylation sites (N-methyl/N-ethyl adjacent to an activating group) is 1. The molecule has 2 aliphatic rings. The predicted octanol–water partition coefficient (Wildman–Crippen LogP) is 3.77. The number of benzene rings is 2. The maximum absolute atomic E-state index is 13.6. The second kappa shape index (κ2) is 4.74. The number of rotatable bonds is 0. The van der Waals surface area contributed by atoms with Crippen molar-refractivity contribution in [1.29, 1.82) is 0 Å². The zero-order valence-electron chi connectivity index (χ0n) is 12.5. The highest BCUT2D eigenvalue weighted by molar-refractivity contribution is 6.30. The Bertz CT molecular complexity index is 867. The SMILES string of the molecule is CN1C(=O)C2(NC(C(F)(F)F)c3cc(Cl)ccc32)c2ccccc21. The van der Waals surface area contributed by atoms with E-state index in [1.807, 2.05) is 0 Å². The van der Waals surface area contributed by atoms with Gasteiger partial charge in [-0.2, -0.15) is 13.2 Å². The van der Waals surface area contributed by atoms with Crippen LogP contribution in [0.2, 0.25) is 5.02 Å². The van der Waals surface area contributed by atoms with E-state index in [0.29, 0.717) is 16.8 Å². The molecule has 0 radical (unpaired) electrons. The molecule has 0 fully saturated rings. The first-order valence-corrected chi connectivity index (χ1v) is 7.66. The number of para-hydroxylation sites is 1. The van der Waals surface area contributed by atoms with Crippen LogP contribution in [0.3, 0.4) is 0 Å². The molecule has 0 aromatic heterocycles. The van der Waals surface area contributed by atoms with Gasteiger partial charge in [0.1, 0.15) is 6.04 Å². The number of amides is 1. The summed E-state index contributed by atoms with van der Waals surface area (Å²) < 4.78 is 40.7. The minimum atomic E-state index is -4.54. The van der Waals surface area contributed by atoms with Crippen molar-refractivity contribution in [2.45, 2.75) is 17.8 Å². The molecule has 3 nitrogen and oxygen atoms in total. The van der Waals surface area contributed by atoms with Crippen LogP contribution >= 0.6 is 11.6 Å². The van der Waals surface area contributed by atoms with Crippen LogP contribution in [-0.4, -0.2) is 19.1 Å². The molecule has 24 heavy (non-hydrogen) atoms. The van der Waals surface area contributed by atoms with Crippen LogP contribution in [0.15, 0.2) is 42.5 Å². The van der Waals surface area contributed by atoms with E-state index >= 15 is 0 Å². The number of nitrogens with zero attached hydrogens (tertiary/aromatic N) is 1. The summed E-state index contributed by atoms with van der Waals surface area (Å²) in [5.74, 6) is -0.431. The number of nitrogens with one attached hydrogen (secondary N) is 1. The van der Waals surface area contributed by atoms with Crippen molar-refractivity contribution < 1.29 is 18.0 Å². The Morgan fingerprint density at radius 1 is 1.17 bits per heavy atom. The van der Waals surface area contributed by atoms with Crippen molar-refractivity contribution in [1.82, 2.24) is 5.32 Å². The monoisotopic (exact) mass is 352 g/mol. The molecule has 2 aromatic rings. The fraction of sp³-hybridized carbons (Fsp3) is 0.235. The van der Waals surface area contributed by atoms with E-state index in [9.17, 15) is 18.0 Å². The first-order chi connectivity index (χ1) is 11.3. The fourth-order valence-electron chi connectivity index (χ4n) is 3.70. The number of hydrogen-bond acceptors (Lipinski definition) is 2. The van der Waals surface area contributed by atoms with Crippen molar-refractivity contribution >= 4 is 23.2 Å². The summed E-state index contributed by atoms with van der Waals surface area (Å²) in [7, 11) is 1.56. The average Bonchev–Trinajstić information content (AvgIpc) is 2.98. The molecule has 1 amide bonds. The smallest absolute Gasteiger partial charge is 0.313 e. The summed E-state index contributed by atoms with van der Waals surface area (Å²) in [5.41, 5.74) is -0.123. The van der Waals surface area contributed by atoms with E-state index in [4.69, 9.17) is 11.6 Å². The molecule has 0 saturated heterocycles. The highest BCUT2D eigenvalue weighted by Crippen LogP contribution is 2.53. The third-order valence-corrected chi connectivity index (χ3v) is 4.95. The van der Waals surface area contributed by atoms with Gasteiger partial charge in [0.15, 0.2) is 5.54 Å². The molecule has 2 unspecified atom stereocenters. The molecule has 4 rings (SSSR count). The highest BCUT2D eigenvalue weighted by Gasteiger charge is 2.61. The predicted molar refractivity (Wildman–Crippen MR) is 84.0 cm³/mol. The van der Waals surface area contributed by atoms with Gasteiger partial charge < -0.3 is 4.90 Å². The number of carbonyl (C=O) groups excluding carboxylic acids is 1. The molecule has 1 spiro atoms. The van der Waals surface area contributed by atoms with E-state index in [0.717, 1.165) is 0 Å². The fourth-order valence-corrected chi connectivity index (χ4v) is 3.88. The van der Waals surface area contributed by atoms with Gasteiger partial charge in [0.2, 0.25) is 0 Å². The highest BCUT2D eigenvalue weighted by atomic mass is 35.5. The third kappa shape index (κ3) is 1.81. The maximum atomic E-state index is 13.6. The van der Waals surface area contributed by atoms with Gasteiger partial charge in [0.05, 0.1) is 0 Å². The van der Waals surface area contributed by atoms with E-state index < -0.39 is 23.7 Å². The van der Waals surface area contributed by atoms with Crippen molar-refractivity contribution in [3.05, 3.63) is 64.2 Å². The van der Waals surface area contributed by atoms with Crippen LogP contribution in [-0.2, 0) is 10.3 Å². The van der Waals surface area contributed by atoms with Gasteiger partial charge in [0, 0.05) is 23.3 Å². The number of hydrogen-bond donors (Lipinski definition) is 1. The minimum Gasteiger partial charge on any atom is -0.313 e. The standard InChI is InChI=1S/C17H12ClF3N2O/c1-23-13-5-3-2-4-12(13)16(15(23)24)11-7-6-9(18)8-10(11)14(22-16)17(19,20)21/h2-8,14,22H,1H3. The van der Waals surface area contributed by atoms with Crippen LogP contribution in [0.1, 0.15) is 22.7 Å². The maximum Gasteiger partial charge on any atom is 0.407 e. The largest absolute Gasteiger partial charge is 0.407 e. The number of carbonyl (C=O) groups is 1. The molecule has 0 aliphatic carbocycles. The first-order valence-electron chi connectivity index (χ1n) is 7.29. The molecule has 7 heteroatoms. The van der Waals surface area contributed by atoms with Gasteiger partial charge >= 0.3 is 6.18 Å². The Labute approximate surface area is 141 Å². The zero-order valence-corrected chi connectivity index (χ0v) is 13.2. The molecule has 2 heterocycles. The van der Waals surface area contributed by atoms with Gasteiger partial charge in [-0.05, 0) is 29.3 Å². The van der Waals surface area contributed by atoms with Gasteiger partial charge in [-0.15, -0.1) is 0 Å². The van der Waals surface area contributed by atoms with Crippen LogP contribution < -0.4 is 10.2 Å². The van der Waals surface area contributed by atoms with Gasteiger partial charge in [-0.25, -0.2) is 0 Å². The Morgan fingerprint density at radius 2 is 1.88 bits per heavy atom. The molecule has 2 aliphatic heterocycles. The molecule has 2 aromatic carbocycles. The van der Waals surface area contributed by atoms with Crippen molar-refractivity contribution in [3.63, 3.8) is 0 Å².